The number of sulfone groups is 2. The van der Waals surface area contributed by atoms with Crippen molar-refractivity contribution in [3.63, 3.8) is 0 Å². The monoisotopic (exact) mass is 431 g/mol. The van der Waals surface area contributed by atoms with Crippen LogP contribution in [0, 0.1) is 0 Å². The highest BCUT2D eigenvalue weighted by molar-refractivity contribution is 7.99. The highest BCUT2D eigenvalue weighted by Crippen LogP contribution is 2.29. The lowest BCUT2D eigenvalue weighted by Crippen LogP contribution is -2.14. The minimum Gasteiger partial charge on any atom is -0.416 e. The standard InChI is InChI=1S/C15H17N3O6S3/c1-26(20,21)12-4-2-11(3-5-12)16-13(19)8-25-15-18-17-14(24-15)10-6-7-27(22,23)9-10/h2-5,10H,6-9H2,1H3,(H,16,19)/t10-/m0/s1. The van der Waals surface area contributed by atoms with Crippen LogP contribution < -0.4 is 5.32 Å². The van der Waals surface area contributed by atoms with Gasteiger partial charge >= 0.3 is 0 Å². The second kappa shape index (κ2) is 7.60. The van der Waals surface area contributed by atoms with Crippen molar-refractivity contribution in [3.05, 3.63) is 30.2 Å². The maximum absolute atomic E-state index is 12.0. The van der Waals surface area contributed by atoms with Crippen LogP contribution in [0.3, 0.4) is 0 Å². The molecule has 2 aromatic rings. The first-order valence-electron chi connectivity index (χ1n) is 7.89. The van der Waals surface area contributed by atoms with Crippen LogP contribution in [0.5, 0.6) is 0 Å². The Morgan fingerprint density at radius 3 is 2.59 bits per heavy atom. The third-order valence-corrected chi connectivity index (χ3v) is 7.61. The highest BCUT2D eigenvalue weighted by atomic mass is 32.2. The highest BCUT2D eigenvalue weighted by Gasteiger charge is 2.32. The molecule has 1 saturated heterocycles. The molecule has 146 valence electrons. The van der Waals surface area contributed by atoms with Gasteiger partial charge in [-0.3, -0.25) is 4.79 Å². The summed E-state index contributed by atoms with van der Waals surface area (Å²) < 4.78 is 51.3. The maximum atomic E-state index is 12.0. The molecule has 0 aliphatic carbocycles. The van der Waals surface area contributed by atoms with Gasteiger partial charge in [0.15, 0.2) is 19.7 Å². The van der Waals surface area contributed by atoms with Crippen LogP contribution in [0.15, 0.2) is 38.8 Å². The minimum absolute atomic E-state index is 0.00324. The average molecular weight is 432 g/mol. The van der Waals surface area contributed by atoms with Crippen LogP contribution in [-0.2, 0) is 24.5 Å². The van der Waals surface area contributed by atoms with E-state index in [2.05, 4.69) is 15.5 Å². The Morgan fingerprint density at radius 1 is 1.30 bits per heavy atom. The molecule has 1 aliphatic heterocycles. The summed E-state index contributed by atoms with van der Waals surface area (Å²) in [7, 11) is -6.33. The lowest BCUT2D eigenvalue weighted by atomic mass is 10.1. The summed E-state index contributed by atoms with van der Waals surface area (Å²) in [6.45, 7) is 0. The molecule has 1 aromatic carbocycles. The van der Waals surface area contributed by atoms with Gasteiger partial charge in [0.25, 0.3) is 5.22 Å². The molecule has 1 N–H and O–H groups in total. The first kappa shape index (κ1) is 19.8. The molecule has 0 saturated carbocycles. The minimum atomic E-state index is -3.29. The zero-order valence-corrected chi connectivity index (χ0v) is 16.7. The number of amides is 1. The van der Waals surface area contributed by atoms with Gasteiger partial charge in [-0.25, -0.2) is 16.8 Å². The lowest BCUT2D eigenvalue weighted by Gasteiger charge is -2.05. The fraction of sp³-hybridized carbons (Fsp3) is 0.400. The van der Waals surface area contributed by atoms with E-state index in [0.29, 0.717) is 12.1 Å². The molecule has 1 fully saturated rings. The summed E-state index contributed by atoms with van der Waals surface area (Å²) >= 11 is 1.04. The van der Waals surface area contributed by atoms with E-state index in [4.69, 9.17) is 4.42 Å². The van der Waals surface area contributed by atoms with E-state index >= 15 is 0 Å². The van der Waals surface area contributed by atoms with Gasteiger partial charge in [0.2, 0.25) is 11.8 Å². The van der Waals surface area contributed by atoms with Crippen molar-refractivity contribution < 1.29 is 26.0 Å². The van der Waals surface area contributed by atoms with Crippen molar-refractivity contribution in [2.24, 2.45) is 0 Å². The molecule has 0 bridgehead atoms. The first-order valence-corrected chi connectivity index (χ1v) is 12.6. The second-order valence-corrected chi connectivity index (χ2v) is 11.3. The topological polar surface area (TPSA) is 136 Å². The molecule has 1 aliphatic rings. The molecule has 0 spiro atoms. The van der Waals surface area contributed by atoms with Gasteiger partial charge in [0.05, 0.1) is 28.1 Å². The Labute approximate surface area is 160 Å². The van der Waals surface area contributed by atoms with Gasteiger partial charge in [0, 0.05) is 11.9 Å². The molecule has 1 amide bonds. The predicted octanol–water partition coefficient (Wildman–Crippen LogP) is 1.11. The van der Waals surface area contributed by atoms with Gasteiger partial charge in [-0.1, -0.05) is 11.8 Å². The number of carbonyl (C=O) groups is 1. The molecule has 27 heavy (non-hydrogen) atoms. The number of nitrogens with zero attached hydrogens (tertiary/aromatic N) is 2. The van der Waals surface area contributed by atoms with Crippen molar-refractivity contribution >= 4 is 43.0 Å². The van der Waals surface area contributed by atoms with Gasteiger partial charge in [0.1, 0.15) is 0 Å². The summed E-state index contributed by atoms with van der Waals surface area (Å²) in [4.78, 5) is 12.2. The Balaban J connectivity index is 1.52. The average Bonchev–Trinajstić information content (AvgIpc) is 3.19. The van der Waals surface area contributed by atoms with Gasteiger partial charge < -0.3 is 9.73 Å². The van der Waals surface area contributed by atoms with Crippen molar-refractivity contribution in [1.82, 2.24) is 10.2 Å². The van der Waals surface area contributed by atoms with Crippen LogP contribution in [0.4, 0.5) is 5.69 Å². The summed E-state index contributed by atoms with van der Waals surface area (Å²) in [5.74, 6) is -0.213. The van der Waals surface area contributed by atoms with Gasteiger partial charge in [-0.15, -0.1) is 10.2 Å². The summed E-state index contributed by atoms with van der Waals surface area (Å²) in [5, 5.41) is 10.5. The van der Waals surface area contributed by atoms with E-state index in [1.807, 2.05) is 0 Å². The maximum Gasteiger partial charge on any atom is 0.277 e. The normalized spacial score (nSPS) is 19.1. The zero-order chi connectivity index (χ0) is 19.7. The number of nitrogens with one attached hydrogen (secondary N) is 1. The van der Waals surface area contributed by atoms with E-state index in [1.54, 1.807) is 0 Å². The van der Waals surface area contributed by atoms with Gasteiger partial charge in [-0.2, -0.15) is 0 Å². The van der Waals surface area contributed by atoms with Crippen LogP contribution in [0.2, 0.25) is 0 Å². The third-order valence-electron chi connectivity index (χ3n) is 3.90. The number of hydrogen-bond acceptors (Lipinski definition) is 9. The summed E-state index contributed by atoms with van der Waals surface area (Å²) in [6, 6.07) is 5.84. The predicted molar refractivity (Wildman–Crippen MR) is 99.2 cm³/mol. The number of anilines is 1. The molecule has 0 radical (unpaired) electrons. The Bertz CT molecular complexity index is 1040. The van der Waals surface area contributed by atoms with E-state index in [0.717, 1.165) is 18.0 Å². The van der Waals surface area contributed by atoms with E-state index in [9.17, 15) is 21.6 Å². The molecule has 2 heterocycles. The summed E-state index contributed by atoms with van der Waals surface area (Å²) in [5.41, 5.74) is 0.468. The molecule has 0 unspecified atom stereocenters. The van der Waals surface area contributed by atoms with Crippen LogP contribution >= 0.6 is 11.8 Å². The smallest absolute Gasteiger partial charge is 0.277 e. The van der Waals surface area contributed by atoms with E-state index in [-0.39, 0.29) is 45.1 Å². The number of aromatic nitrogens is 2. The SMILES string of the molecule is CS(=O)(=O)c1ccc(NC(=O)CSc2nnc([C@H]3CCS(=O)(=O)C3)o2)cc1. The van der Waals surface area contributed by atoms with Crippen molar-refractivity contribution in [2.75, 3.05) is 28.8 Å². The molecule has 12 heteroatoms. The van der Waals surface area contributed by atoms with Crippen LogP contribution in [-0.4, -0.2) is 56.5 Å². The summed E-state index contributed by atoms with van der Waals surface area (Å²) in [6.07, 6.45) is 1.56. The zero-order valence-electron chi connectivity index (χ0n) is 14.3. The number of rotatable bonds is 6. The molecule has 1 atom stereocenters. The molecule has 3 rings (SSSR count). The van der Waals surface area contributed by atoms with Crippen molar-refractivity contribution in [1.29, 1.82) is 0 Å². The largest absolute Gasteiger partial charge is 0.416 e. The van der Waals surface area contributed by atoms with Crippen LogP contribution in [0.1, 0.15) is 18.2 Å². The van der Waals surface area contributed by atoms with E-state index in [1.165, 1.54) is 24.3 Å². The van der Waals surface area contributed by atoms with Crippen LogP contribution in [0.25, 0.3) is 0 Å². The molecule has 9 nitrogen and oxygen atoms in total. The number of hydrogen-bond donors (Lipinski definition) is 1. The van der Waals surface area contributed by atoms with Crippen molar-refractivity contribution in [3.8, 4) is 0 Å². The number of carbonyl (C=O) groups excluding carboxylic acids is 1. The van der Waals surface area contributed by atoms with E-state index < -0.39 is 19.7 Å². The number of thioether (sulfide) groups is 1. The lowest BCUT2D eigenvalue weighted by molar-refractivity contribution is -0.113. The fourth-order valence-electron chi connectivity index (χ4n) is 2.54. The fourth-order valence-corrected chi connectivity index (χ4v) is 5.48. The Kier molecular flexibility index (Phi) is 5.58. The molecule has 1 aromatic heterocycles. The number of benzene rings is 1. The Morgan fingerprint density at radius 2 is 2.00 bits per heavy atom. The Hall–Kier alpha value is -1.92. The second-order valence-electron chi connectivity index (χ2n) is 6.14. The third kappa shape index (κ3) is 5.30. The van der Waals surface area contributed by atoms with Gasteiger partial charge in [-0.05, 0) is 30.7 Å². The first-order chi connectivity index (χ1) is 12.6. The molecular weight excluding hydrogens is 414 g/mol. The molecular formula is C15H17N3O6S3. The van der Waals surface area contributed by atoms with Crippen molar-refractivity contribution in [2.45, 2.75) is 22.5 Å². The quantitative estimate of drug-likeness (QED) is 0.667.